The van der Waals surface area contributed by atoms with E-state index in [1.807, 2.05) is 7.05 Å². The summed E-state index contributed by atoms with van der Waals surface area (Å²) in [4.78, 5) is 10.3. The van der Waals surface area contributed by atoms with Gasteiger partial charge in [-0.25, -0.2) is 0 Å². The van der Waals surface area contributed by atoms with Gasteiger partial charge in [0.25, 0.3) is 0 Å². The summed E-state index contributed by atoms with van der Waals surface area (Å²) in [5.74, 6) is 1.20. The van der Waals surface area contributed by atoms with E-state index in [0.717, 1.165) is 25.9 Å². The summed E-state index contributed by atoms with van der Waals surface area (Å²) in [6, 6.07) is 0. The zero-order valence-corrected chi connectivity index (χ0v) is 6.97. The number of aldehydes is 1. The van der Waals surface area contributed by atoms with Gasteiger partial charge in [0.1, 0.15) is 6.29 Å². The molecule has 1 aliphatic heterocycles. The van der Waals surface area contributed by atoms with Gasteiger partial charge in [-0.1, -0.05) is 0 Å². The Bertz CT molecular complexity index is 127. The lowest BCUT2D eigenvalue weighted by Gasteiger charge is -2.14. The molecule has 0 saturated carbocycles. The van der Waals surface area contributed by atoms with Gasteiger partial charge in [-0.2, -0.15) is 0 Å². The Morgan fingerprint density at radius 3 is 2.91 bits per heavy atom. The molecule has 0 amide bonds. The third-order valence-electron chi connectivity index (χ3n) is 2.35. The standard InChI is InChI=1S/C8H16N2O/c1-9-4-8-6-10-5-7(8)2-3-11/h3,7-10H,2,4-6H2,1H3. The average molecular weight is 156 g/mol. The lowest BCUT2D eigenvalue weighted by Crippen LogP contribution is -2.25. The molecule has 3 heteroatoms. The maximum absolute atomic E-state index is 10.3. The van der Waals surface area contributed by atoms with Crippen LogP contribution in [0.1, 0.15) is 6.42 Å². The zero-order valence-electron chi connectivity index (χ0n) is 6.97. The summed E-state index contributed by atoms with van der Waals surface area (Å²) in [5.41, 5.74) is 0. The largest absolute Gasteiger partial charge is 0.319 e. The Morgan fingerprint density at radius 2 is 2.27 bits per heavy atom. The van der Waals surface area contributed by atoms with Crippen molar-refractivity contribution in [3.63, 3.8) is 0 Å². The minimum absolute atomic E-state index is 0.556. The van der Waals surface area contributed by atoms with Crippen molar-refractivity contribution in [3.8, 4) is 0 Å². The van der Waals surface area contributed by atoms with E-state index in [1.165, 1.54) is 0 Å². The molecule has 0 spiro atoms. The van der Waals surface area contributed by atoms with Gasteiger partial charge < -0.3 is 15.4 Å². The highest BCUT2D eigenvalue weighted by Gasteiger charge is 2.25. The van der Waals surface area contributed by atoms with Crippen molar-refractivity contribution < 1.29 is 4.79 Å². The van der Waals surface area contributed by atoms with Crippen LogP contribution in [-0.4, -0.2) is 33.0 Å². The molecule has 1 saturated heterocycles. The first-order valence-electron chi connectivity index (χ1n) is 4.17. The monoisotopic (exact) mass is 156 g/mol. The molecule has 0 aromatic heterocycles. The molecule has 2 N–H and O–H groups in total. The fraction of sp³-hybridized carbons (Fsp3) is 0.875. The maximum Gasteiger partial charge on any atom is 0.120 e. The molecule has 1 rings (SSSR count). The van der Waals surface area contributed by atoms with E-state index in [9.17, 15) is 4.79 Å². The predicted molar refractivity (Wildman–Crippen MR) is 44.5 cm³/mol. The number of hydrogen-bond donors (Lipinski definition) is 2. The molecular formula is C8H16N2O. The highest BCUT2D eigenvalue weighted by molar-refractivity contribution is 5.50. The van der Waals surface area contributed by atoms with Gasteiger partial charge in [-0.3, -0.25) is 0 Å². The van der Waals surface area contributed by atoms with E-state index in [1.54, 1.807) is 0 Å². The fourth-order valence-corrected chi connectivity index (χ4v) is 1.69. The van der Waals surface area contributed by atoms with Gasteiger partial charge in [0.15, 0.2) is 0 Å². The van der Waals surface area contributed by atoms with Gasteiger partial charge in [0.05, 0.1) is 0 Å². The third kappa shape index (κ3) is 2.27. The van der Waals surface area contributed by atoms with Crippen LogP contribution < -0.4 is 10.6 Å². The lowest BCUT2D eigenvalue weighted by molar-refractivity contribution is -0.108. The van der Waals surface area contributed by atoms with Crippen LogP contribution in [-0.2, 0) is 4.79 Å². The number of hydrogen-bond acceptors (Lipinski definition) is 3. The third-order valence-corrected chi connectivity index (χ3v) is 2.35. The molecule has 1 fully saturated rings. The summed E-state index contributed by atoms with van der Waals surface area (Å²) in [6.45, 7) is 3.08. The summed E-state index contributed by atoms with van der Waals surface area (Å²) in [6.07, 6.45) is 1.74. The quantitative estimate of drug-likeness (QED) is 0.546. The minimum Gasteiger partial charge on any atom is -0.319 e. The SMILES string of the molecule is CNCC1CNCC1CC=O. The number of rotatable bonds is 4. The second kappa shape index (κ2) is 4.46. The van der Waals surface area contributed by atoms with Crippen LogP contribution in [0.5, 0.6) is 0 Å². The Balaban J connectivity index is 2.31. The van der Waals surface area contributed by atoms with Crippen LogP contribution in [0.15, 0.2) is 0 Å². The van der Waals surface area contributed by atoms with Crippen molar-refractivity contribution in [2.45, 2.75) is 6.42 Å². The molecule has 0 aliphatic carbocycles. The van der Waals surface area contributed by atoms with Gasteiger partial charge in [0, 0.05) is 6.42 Å². The van der Waals surface area contributed by atoms with Crippen molar-refractivity contribution in [3.05, 3.63) is 0 Å². The topological polar surface area (TPSA) is 41.1 Å². The molecule has 64 valence electrons. The maximum atomic E-state index is 10.3. The van der Waals surface area contributed by atoms with E-state index in [-0.39, 0.29) is 0 Å². The Morgan fingerprint density at radius 1 is 1.55 bits per heavy atom. The molecule has 3 nitrogen and oxygen atoms in total. The van der Waals surface area contributed by atoms with Crippen molar-refractivity contribution in [1.29, 1.82) is 0 Å². The molecule has 2 atom stereocenters. The van der Waals surface area contributed by atoms with Crippen LogP contribution in [0.3, 0.4) is 0 Å². The van der Waals surface area contributed by atoms with Crippen LogP contribution in [0.2, 0.25) is 0 Å². The summed E-state index contributed by atoms with van der Waals surface area (Å²) in [7, 11) is 1.95. The van der Waals surface area contributed by atoms with Crippen molar-refractivity contribution in [2.75, 3.05) is 26.7 Å². The molecule has 0 aromatic carbocycles. The van der Waals surface area contributed by atoms with E-state index in [2.05, 4.69) is 10.6 Å². The van der Waals surface area contributed by atoms with Gasteiger partial charge in [-0.15, -0.1) is 0 Å². The van der Waals surface area contributed by atoms with E-state index in [4.69, 9.17) is 0 Å². The van der Waals surface area contributed by atoms with Gasteiger partial charge in [-0.05, 0) is 38.5 Å². The first-order chi connectivity index (χ1) is 5.38. The van der Waals surface area contributed by atoms with Gasteiger partial charge in [0.2, 0.25) is 0 Å². The first-order valence-corrected chi connectivity index (χ1v) is 4.17. The Labute approximate surface area is 67.5 Å². The number of nitrogens with one attached hydrogen (secondary N) is 2. The first kappa shape index (κ1) is 8.68. The Hall–Kier alpha value is -0.410. The van der Waals surface area contributed by atoms with Crippen LogP contribution in [0, 0.1) is 11.8 Å². The molecule has 0 bridgehead atoms. The summed E-state index contributed by atoms with van der Waals surface area (Å²) in [5, 5.41) is 6.44. The summed E-state index contributed by atoms with van der Waals surface area (Å²) < 4.78 is 0. The van der Waals surface area contributed by atoms with Crippen LogP contribution in [0.4, 0.5) is 0 Å². The Kier molecular flexibility index (Phi) is 3.52. The molecule has 11 heavy (non-hydrogen) atoms. The van der Waals surface area contributed by atoms with Gasteiger partial charge >= 0.3 is 0 Å². The minimum atomic E-state index is 0.556. The van der Waals surface area contributed by atoms with Crippen molar-refractivity contribution in [1.82, 2.24) is 10.6 Å². The zero-order chi connectivity index (χ0) is 8.10. The van der Waals surface area contributed by atoms with Crippen LogP contribution >= 0.6 is 0 Å². The molecule has 1 heterocycles. The van der Waals surface area contributed by atoms with Crippen molar-refractivity contribution >= 4 is 6.29 Å². The predicted octanol–water partition coefficient (Wildman–Crippen LogP) is -0.370. The second-order valence-electron chi connectivity index (χ2n) is 3.14. The van der Waals surface area contributed by atoms with E-state index < -0.39 is 0 Å². The molecule has 2 unspecified atom stereocenters. The van der Waals surface area contributed by atoms with E-state index >= 15 is 0 Å². The second-order valence-corrected chi connectivity index (χ2v) is 3.14. The molecule has 1 aliphatic rings. The fourth-order valence-electron chi connectivity index (χ4n) is 1.69. The van der Waals surface area contributed by atoms with Crippen molar-refractivity contribution in [2.24, 2.45) is 11.8 Å². The highest BCUT2D eigenvalue weighted by atomic mass is 16.1. The normalized spacial score (nSPS) is 30.6. The van der Waals surface area contributed by atoms with E-state index in [0.29, 0.717) is 18.3 Å². The molecule has 0 aromatic rings. The average Bonchev–Trinajstić information content (AvgIpc) is 2.39. The number of carbonyl (C=O) groups excluding carboxylic acids is 1. The molecular weight excluding hydrogens is 140 g/mol. The summed E-state index contributed by atoms with van der Waals surface area (Å²) >= 11 is 0. The highest BCUT2D eigenvalue weighted by Crippen LogP contribution is 2.17. The molecule has 0 radical (unpaired) electrons. The smallest absolute Gasteiger partial charge is 0.120 e. The van der Waals surface area contributed by atoms with Crippen LogP contribution in [0.25, 0.3) is 0 Å². The lowest BCUT2D eigenvalue weighted by atomic mass is 9.93. The number of carbonyl (C=O) groups is 1.